The Bertz CT molecular complexity index is 846. The highest BCUT2D eigenvalue weighted by Crippen LogP contribution is 2.24. The van der Waals surface area contributed by atoms with Crippen molar-refractivity contribution in [3.8, 4) is 11.3 Å². The molecule has 0 bridgehead atoms. The fourth-order valence-corrected chi connectivity index (χ4v) is 3.15. The summed E-state index contributed by atoms with van der Waals surface area (Å²) in [5, 5.41) is 17.0. The first kappa shape index (κ1) is 14.3. The molecule has 0 spiro atoms. The third-order valence-electron chi connectivity index (χ3n) is 4.71. The Kier molecular flexibility index (Phi) is 3.58. The molecule has 23 heavy (non-hydrogen) atoms. The molecule has 5 nitrogen and oxygen atoms in total. The van der Waals surface area contributed by atoms with Crippen molar-refractivity contribution in [2.24, 2.45) is 0 Å². The van der Waals surface area contributed by atoms with Crippen LogP contribution in [0.15, 0.2) is 30.3 Å². The van der Waals surface area contributed by atoms with Crippen LogP contribution in [0.25, 0.3) is 16.9 Å². The lowest BCUT2D eigenvalue weighted by Crippen LogP contribution is -2.28. The monoisotopic (exact) mass is 307 g/mol. The van der Waals surface area contributed by atoms with E-state index in [1.165, 1.54) is 24.0 Å². The van der Waals surface area contributed by atoms with Crippen LogP contribution in [0.3, 0.4) is 0 Å². The highest BCUT2D eigenvalue weighted by molar-refractivity contribution is 5.61. The molecule has 0 radical (unpaired) electrons. The zero-order chi connectivity index (χ0) is 15.8. The van der Waals surface area contributed by atoms with E-state index in [2.05, 4.69) is 47.6 Å². The summed E-state index contributed by atoms with van der Waals surface area (Å²) < 4.78 is 1.90. The van der Waals surface area contributed by atoms with Gasteiger partial charge in [0.2, 0.25) is 0 Å². The molecule has 1 saturated heterocycles. The van der Waals surface area contributed by atoms with Gasteiger partial charge in [-0.15, -0.1) is 10.2 Å². The first-order valence-corrected chi connectivity index (χ1v) is 8.26. The smallest absolute Gasteiger partial charge is 0.178 e. The molecule has 1 N–H and O–H groups in total. The predicted octanol–water partition coefficient (Wildman–Crippen LogP) is 3.22. The second-order valence-corrected chi connectivity index (χ2v) is 6.35. The molecule has 2 aromatic heterocycles. The topological polar surface area (TPSA) is 55.1 Å². The summed E-state index contributed by atoms with van der Waals surface area (Å²) >= 11 is 0. The molecular formula is C18H21N5. The first-order valence-electron chi connectivity index (χ1n) is 8.26. The van der Waals surface area contributed by atoms with Crippen LogP contribution in [0.1, 0.15) is 42.3 Å². The van der Waals surface area contributed by atoms with Gasteiger partial charge in [-0.05, 0) is 62.6 Å². The van der Waals surface area contributed by atoms with Crippen molar-refractivity contribution in [3.05, 3.63) is 47.3 Å². The molecule has 0 unspecified atom stereocenters. The lowest BCUT2D eigenvalue weighted by Gasteiger charge is -2.21. The molecule has 1 atom stereocenters. The molecule has 1 fully saturated rings. The van der Waals surface area contributed by atoms with Crippen LogP contribution >= 0.6 is 0 Å². The van der Waals surface area contributed by atoms with Crippen LogP contribution in [0, 0.1) is 13.8 Å². The number of aryl methyl sites for hydroxylation is 2. The number of piperidine rings is 1. The molecule has 1 aliphatic rings. The minimum Gasteiger partial charge on any atom is -0.307 e. The highest BCUT2D eigenvalue weighted by Gasteiger charge is 2.21. The Morgan fingerprint density at radius 2 is 1.96 bits per heavy atom. The van der Waals surface area contributed by atoms with E-state index in [9.17, 15) is 0 Å². The minimum atomic E-state index is 0.251. The van der Waals surface area contributed by atoms with Crippen LogP contribution < -0.4 is 5.32 Å². The van der Waals surface area contributed by atoms with E-state index in [4.69, 9.17) is 5.10 Å². The summed E-state index contributed by atoms with van der Waals surface area (Å²) in [6, 6.07) is 10.7. The van der Waals surface area contributed by atoms with E-state index >= 15 is 0 Å². The Hall–Kier alpha value is -2.27. The van der Waals surface area contributed by atoms with Gasteiger partial charge < -0.3 is 5.32 Å². The Balaban J connectivity index is 1.78. The molecule has 1 aliphatic heterocycles. The molecule has 3 aromatic rings. The first-order chi connectivity index (χ1) is 11.2. The number of hydrogen-bond acceptors (Lipinski definition) is 4. The van der Waals surface area contributed by atoms with Crippen LogP contribution in [0.5, 0.6) is 0 Å². The third kappa shape index (κ3) is 2.61. The summed E-state index contributed by atoms with van der Waals surface area (Å²) in [4.78, 5) is 0. The second-order valence-electron chi connectivity index (χ2n) is 6.35. The van der Waals surface area contributed by atoms with Gasteiger partial charge in [0.25, 0.3) is 0 Å². The summed E-state index contributed by atoms with van der Waals surface area (Å²) in [5.74, 6) is 0.922. The van der Waals surface area contributed by atoms with E-state index in [1.54, 1.807) is 0 Å². The van der Waals surface area contributed by atoms with Crippen molar-refractivity contribution in [3.63, 3.8) is 0 Å². The van der Waals surface area contributed by atoms with Crippen LogP contribution in [-0.4, -0.2) is 26.4 Å². The number of rotatable bonds is 2. The number of hydrogen-bond donors (Lipinski definition) is 1. The van der Waals surface area contributed by atoms with Crippen molar-refractivity contribution < 1.29 is 0 Å². The lowest BCUT2D eigenvalue weighted by molar-refractivity contribution is 0.392. The summed E-state index contributed by atoms with van der Waals surface area (Å²) in [5.41, 5.74) is 5.47. The quantitative estimate of drug-likeness (QED) is 0.790. The normalized spacial score (nSPS) is 18.4. The maximum atomic E-state index is 4.80. The van der Waals surface area contributed by atoms with Crippen LogP contribution in [0.4, 0.5) is 0 Å². The Labute approximate surface area is 135 Å². The molecule has 0 saturated carbocycles. The summed E-state index contributed by atoms with van der Waals surface area (Å²) in [6.07, 6.45) is 3.55. The molecule has 1 aromatic carbocycles. The van der Waals surface area contributed by atoms with Gasteiger partial charge in [0, 0.05) is 5.56 Å². The fraction of sp³-hybridized carbons (Fsp3) is 0.389. The van der Waals surface area contributed by atoms with Crippen LogP contribution in [0.2, 0.25) is 0 Å². The Morgan fingerprint density at radius 1 is 1.04 bits per heavy atom. The van der Waals surface area contributed by atoms with Gasteiger partial charge in [0.15, 0.2) is 11.5 Å². The molecule has 0 amide bonds. The Morgan fingerprint density at radius 3 is 2.74 bits per heavy atom. The largest absolute Gasteiger partial charge is 0.307 e. The number of fused-ring (bicyclic) bond motifs is 1. The van der Waals surface area contributed by atoms with Gasteiger partial charge in [-0.1, -0.05) is 18.6 Å². The lowest BCUT2D eigenvalue weighted by atomic mass is 10.0. The average Bonchev–Trinajstić information content (AvgIpc) is 3.01. The molecular weight excluding hydrogens is 286 g/mol. The predicted molar refractivity (Wildman–Crippen MR) is 90.3 cm³/mol. The third-order valence-corrected chi connectivity index (χ3v) is 4.71. The molecule has 118 valence electrons. The van der Waals surface area contributed by atoms with E-state index in [0.29, 0.717) is 0 Å². The maximum absolute atomic E-state index is 4.80. The van der Waals surface area contributed by atoms with Gasteiger partial charge in [0.05, 0.1) is 11.7 Å². The van der Waals surface area contributed by atoms with Crippen molar-refractivity contribution in [2.75, 3.05) is 6.54 Å². The molecule has 0 aliphatic carbocycles. The number of aromatic nitrogens is 4. The maximum Gasteiger partial charge on any atom is 0.178 e. The van der Waals surface area contributed by atoms with Crippen molar-refractivity contribution in [1.82, 2.24) is 25.1 Å². The number of benzene rings is 1. The van der Waals surface area contributed by atoms with E-state index < -0.39 is 0 Å². The zero-order valence-electron chi connectivity index (χ0n) is 13.6. The summed E-state index contributed by atoms with van der Waals surface area (Å²) in [6.45, 7) is 5.30. The molecule has 3 heterocycles. The second kappa shape index (κ2) is 5.74. The van der Waals surface area contributed by atoms with Crippen molar-refractivity contribution >= 4 is 5.65 Å². The van der Waals surface area contributed by atoms with Gasteiger partial charge in [-0.2, -0.15) is 9.61 Å². The zero-order valence-corrected chi connectivity index (χ0v) is 13.6. The number of nitrogens with one attached hydrogen (secondary N) is 1. The molecule has 5 heteroatoms. The van der Waals surface area contributed by atoms with Gasteiger partial charge in [0.1, 0.15) is 0 Å². The van der Waals surface area contributed by atoms with Crippen molar-refractivity contribution in [1.29, 1.82) is 0 Å². The SMILES string of the molecule is Cc1ccc(-c2ccc3nnc([C@@H]4CCCCN4)n3n2)cc1C. The van der Waals surface area contributed by atoms with Gasteiger partial charge >= 0.3 is 0 Å². The number of nitrogens with zero attached hydrogens (tertiary/aromatic N) is 4. The summed E-state index contributed by atoms with van der Waals surface area (Å²) in [7, 11) is 0. The standard InChI is InChI=1S/C18H21N5/c1-12-6-7-14(11-13(12)2)15-8-9-17-20-21-18(23(17)22-15)16-5-3-4-10-19-16/h6-9,11,16,19H,3-5,10H2,1-2H3/t16-/m0/s1. The van der Waals surface area contributed by atoms with E-state index in [-0.39, 0.29) is 6.04 Å². The van der Waals surface area contributed by atoms with E-state index in [0.717, 1.165) is 35.7 Å². The highest BCUT2D eigenvalue weighted by atomic mass is 15.4. The van der Waals surface area contributed by atoms with E-state index in [1.807, 2.05) is 16.6 Å². The fourth-order valence-electron chi connectivity index (χ4n) is 3.15. The molecule has 4 rings (SSSR count). The van der Waals surface area contributed by atoms with Gasteiger partial charge in [-0.25, -0.2) is 0 Å². The average molecular weight is 307 g/mol. The minimum absolute atomic E-state index is 0.251. The van der Waals surface area contributed by atoms with Crippen LogP contribution in [-0.2, 0) is 0 Å². The van der Waals surface area contributed by atoms with Gasteiger partial charge in [-0.3, -0.25) is 0 Å². The van der Waals surface area contributed by atoms with Crippen molar-refractivity contribution in [2.45, 2.75) is 39.2 Å².